The molecule has 0 bridgehead atoms. The van der Waals surface area contributed by atoms with E-state index in [2.05, 4.69) is 0 Å². The standard InChI is InChI=1S/C15H16O5S/c16-15(17)14-7-6-13(20-14)11-21(18)9-8-19-10-12-4-2-1-3-5-12/h1-7H,8-11H2,(H,16,17). The summed E-state index contributed by atoms with van der Waals surface area (Å²) in [5.74, 6) is -0.271. The van der Waals surface area contributed by atoms with E-state index in [9.17, 15) is 9.00 Å². The lowest BCUT2D eigenvalue weighted by molar-refractivity contribution is 0.0660. The van der Waals surface area contributed by atoms with Crippen molar-refractivity contribution in [3.63, 3.8) is 0 Å². The van der Waals surface area contributed by atoms with Crippen LogP contribution in [0.1, 0.15) is 21.9 Å². The van der Waals surface area contributed by atoms with E-state index in [-0.39, 0.29) is 11.5 Å². The van der Waals surface area contributed by atoms with Gasteiger partial charge in [0.15, 0.2) is 0 Å². The molecule has 0 saturated heterocycles. The van der Waals surface area contributed by atoms with Crippen molar-refractivity contribution in [3.05, 3.63) is 59.5 Å². The number of carbonyl (C=O) groups is 1. The van der Waals surface area contributed by atoms with E-state index in [0.717, 1.165) is 5.56 Å². The molecule has 0 aliphatic carbocycles. The van der Waals surface area contributed by atoms with Gasteiger partial charge in [0.1, 0.15) is 5.76 Å². The minimum atomic E-state index is -1.14. The van der Waals surface area contributed by atoms with Crippen molar-refractivity contribution in [1.82, 2.24) is 0 Å². The Hall–Kier alpha value is -1.92. The summed E-state index contributed by atoms with van der Waals surface area (Å²) < 4.78 is 22.3. The van der Waals surface area contributed by atoms with E-state index >= 15 is 0 Å². The molecule has 0 radical (unpaired) electrons. The van der Waals surface area contributed by atoms with Crippen LogP contribution in [0.2, 0.25) is 0 Å². The van der Waals surface area contributed by atoms with Crippen LogP contribution in [-0.4, -0.2) is 27.6 Å². The van der Waals surface area contributed by atoms with Gasteiger partial charge in [-0.1, -0.05) is 30.3 Å². The van der Waals surface area contributed by atoms with Crippen molar-refractivity contribution >= 4 is 16.8 Å². The van der Waals surface area contributed by atoms with E-state index < -0.39 is 16.8 Å². The van der Waals surface area contributed by atoms with Crippen molar-refractivity contribution in [2.45, 2.75) is 12.4 Å². The van der Waals surface area contributed by atoms with Crippen LogP contribution in [0.25, 0.3) is 0 Å². The number of aromatic carboxylic acids is 1. The molecule has 0 amide bonds. The van der Waals surface area contributed by atoms with Crippen LogP contribution in [-0.2, 0) is 27.9 Å². The second-order valence-electron chi connectivity index (χ2n) is 4.40. The number of ether oxygens (including phenoxy) is 1. The zero-order chi connectivity index (χ0) is 15.1. The van der Waals surface area contributed by atoms with E-state index in [4.69, 9.17) is 14.3 Å². The van der Waals surface area contributed by atoms with Gasteiger partial charge in [0, 0.05) is 16.6 Å². The van der Waals surface area contributed by atoms with Crippen LogP contribution in [0.15, 0.2) is 46.9 Å². The average molecular weight is 308 g/mol. The lowest BCUT2D eigenvalue weighted by Crippen LogP contribution is -2.07. The Kier molecular flexibility index (Phi) is 5.71. The molecule has 0 saturated carbocycles. The number of hydrogen-bond donors (Lipinski definition) is 1. The minimum Gasteiger partial charge on any atom is -0.475 e. The molecule has 0 spiro atoms. The summed E-state index contributed by atoms with van der Waals surface area (Å²) in [6, 6.07) is 12.6. The smallest absolute Gasteiger partial charge is 0.371 e. The molecular weight excluding hydrogens is 292 g/mol. The number of carboxylic acid groups (broad SMARTS) is 1. The summed E-state index contributed by atoms with van der Waals surface area (Å²) in [5, 5.41) is 8.72. The first-order valence-electron chi connectivity index (χ1n) is 6.44. The van der Waals surface area contributed by atoms with Crippen molar-refractivity contribution in [3.8, 4) is 0 Å². The van der Waals surface area contributed by atoms with E-state index in [1.54, 1.807) is 0 Å². The summed E-state index contributed by atoms with van der Waals surface area (Å²) in [6.07, 6.45) is 0. The van der Waals surface area contributed by atoms with Crippen LogP contribution < -0.4 is 0 Å². The number of carboxylic acids is 1. The molecular formula is C15H16O5S. The van der Waals surface area contributed by atoms with Crippen LogP contribution in [0.5, 0.6) is 0 Å². The fourth-order valence-corrected chi connectivity index (χ4v) is 2.64. The maximum absolute atomic E-state index is 11.8. The lowest BCUT2D eigenvalue weighted by Gasteiger charge is -2.04. The Morgan fingerprint density at radius 3 is 2.62 bits per heavy atom. The van der Waals surface area contributed by atoms with Crippen molar-refractivity contribution in [1.29, 1.82) is 0 Å². The molecule has 1 aromatic carbocycles. The average Bonchev–Trinajstić information content (AvgIpc) is 2.93. The summed E-state index contributed by atoms with van der Waals surface area (Å²) >= 11 is 0. The lowest BCUT2D eigenvalue weighted by atomic mass is 10.2. The summed E-state index contributed by atoms with van der Waals surface area (Å²) in [6.45, 7) is 0.871. The molecule has 1 aromatic heterocycles. The molecule has 0 fully saturated rings. The van der Waals surface area contributed by atoms with Crippen LogP contribution in [0.4, 0.5) is 0 Å². The highest BCUT2D eigenvalue weighted by molar-refractivity contribution is 7.84. The number of benzene rings is 1. The number of furan rings is 1. The molecule has 6 heteroatoms. The van der Waals surface area contributed by atoms with E-state index in [0.29, 0.717) is 24.7 Å². The molecule has 2 rings (SSSR count). The molecule has 21 heavy (non-hydrogen) atoms. The van der Waals surface area contributed by atoms with Gasteiger partial charge in [-0.3, -0.25) is 4.21 Å². The predicted molar refractivity (Wildman–Crippen MR) is 78.5 cm³/mol. The third kappa shape index (κ3) is 5.17. The minimum absolute atomic E-state index is 0.137. The van der Waals surface area contributed by atoms with Gasteiger partial charge < -0.3 is 14.3 Å². The first-order chi connectivity index (χ1) is 10.1. The number of rotatable bonds is 8. The van der Waals surface area contributed by atoms with E-state index in [1.165, 1.54) is 12.1 Å². The molecule has 1 atom stereocenters. The molecule has 5 nitrogen and oxygen atoms in total. The summed E-state index contributed by atoms with van der Waals surface area (Å²) in [4.78, 5) is 10.7. The first-order valence-corrected chi connectivity index (χ1v) is 7.92. The zero-order valence-corrected chi connectivity index (χ0v) is 12.2. The first kappa shape index (κ1) is 15.5. The molecule has 1 unspecified atom stereocenters. The second kappa shape index (κ2) is 7.75. The highest BCUT2D eigenvalue weighted by atomic mass is 32.2. The van der Waals surface area contributed by atoms with Gasteiger partial charge in [-0.05, 0) is 17.7 Å². The third-order valence-electron chi connectivity index (χ3n) is 2.74. The Balaban J connectivity index is 1.68. The Labute approximate surface area is 125 Å². The molecule has 112 valence electrons. The fourth-order valence-electron chi connectivity index (χ4n) is 1.72. The highest BCUT2D eigenvalue weighted by Gasteiger charge is 2.11. The van der Waals surface area contributed by atoms with Crippen LogP contribution >= 0.6 is 0 Å². The summed E-state index contributed by atoms with van der Waals surface area (Å²) in [7, 11) is -1.14. The zero-order valence-electron chi connectivity index (χ0n) is 11.4. The van der Waals surface area contributed by atoms with Crippen LogP contribution in [0.3, 0.4) is 0 Å². The molecule has 0 aliphatic rings. The number of hydrogen-bond acceptors (Lipinski definition) is 4. The van der Waals surface area contributed by atoms with Crippen LogP contribution in [0, 0.1) is 0 Å². The molecule has 1 heterocycles. The van der Waals surface area contributed by atoms with Gasteiger partial charge in [-0.15, -0.1) is 0 Å². The summed E-state index contributed by atoms with van der Waals surface area (Å²) in [5.41, 5.74) is 1.07. The molecule has 1 N–H and O–H groups in total. The predicted octanol–water partition coefficient (Wildman–Crippen LogP) is 2.44. The fraction of sp³-hybridized carbons (Fsp3) is 0.267. The van der Waals surface area contributed by atoms with Gasteiger partial charge >= 0.3 is 5.97 Å². The second-order valence-corrected chi connectivity index (χ2v) is 5.97. The van der Waals surface area contributed by atoms with Gasteiger partial charge in [0.2, 0.25) is 5.76 Å². The third-order valence-corrected chi connectivity index (χ3v) is 3.97. The molecule has 2 aromatic rings. The van der Waals surface area contributed by atoms with Crippen molar-refractivity contribution in [2.24, 2.45) is 0 Å². The topological polar surface area (TPSA) is 76.7 Å². The largest absolute Gasteiger partial charge is 0.475 e. The van der Waals surface area contributed by atoms with Gasteiger partial charge in [0.05, 0.1) is 19.0 Å². The monoisotopic (exact) mass is 308 g/mol. The van der Waals surface area contributed by atoms with Gasteiger partial charge in [-0.2, -0.15) is 0 Å². The maximum Gasteiger partial charge on any atom is 0.371 e. The Morgan fingerprint density at radius 1 is 1.19 bits per heavy atom. The Bertz CT molecular complexity index is 606. The Morgan fingerprint density at radius 2 is 1.95 bits per heavy atom. The van der Waals surface area contributed by atoms with Gasteiger partial charge in [-0.25, -0.2) is 4.79 Å². The van der Waals surface area contributed by atoms with E-state index in [1.807, 2.05) is 30.3 Å². The normalized spacial score (nSPS) is 12.2. The highest BCUT2D eigenvalue weighted by Crippen LogP contribution is 2.10. The van der Waals surface area contributed by atoms with Crippen molar-refractivity contribution < 1.29 is 23.3 Å². The SMILES string of the molecule is O=C(O)c1ccc(CS(=O)CCOCc2ccccc2)o1. The quantitative estimate of drug-likeness (QED) is 0.758. The van der Waals surface area contributed by atoms with Crippen molar-refractivity contribution in [2.75, 3.05) is 12.4 Å². The maximum atomic E-state index is 11.8. The molecule has 0 aliphatic heterocycles. The van der Waals surface area contributed by atoms with Gasteiger partial charge in [0.25, 0.3) is 0 Å².